The molecule has 4 aliphatic rings. The average molecular weight is 1390 g/mol. The molecule has 0 aliphatic heterocycles. The molecule has 0 heterocycles. The molecule has 0 fully saturated rings. The minimum atomic E-state index is 0.00637. The van der Waals surface area contributed by atoms with Crippen LogP contribution in [0.25, 0.3) is 87.6 Å². The van der Waals surface area contributed by atoms with Crippen LogP contribution in [0.15, 0.2) is 233 Å². The van der Waals surface area contributed by atoms with Gasteiger partial charge in [-0.3, -0.25) is 9.59 Å². The summed E-state index contributed by atoms with van der Waals surface area (Å²) in [6.45, 7) is 4.63. The number of hydrogen-bond acceptors (Lipinski definition) is 2. The van der Waals surface area contributed by atoms with E-state index in [1.54, 1.807) is 0 Å². The van der Waals surface area contributed by atoms with Crippen molar-refractivity contribution in [2.24, 2.45) is 0 Å². The topological polar surface area (TPSA) is 34.1 Å². The van der Waals surface area contributed by atoms with Gasteiger partial charge in [-0.05, 0) is 160 Å². The van der Waals surface area contributed by atoms with Crippen LogP contribution < -0.4 is 0 Å². The molecule has 0 amide bonds. The fourth-order valence-corrected chi connectivity index (χ4v) is 14.7. The summed E-state index contributed by atoms with van der Waals surface area (Å²) in [4.78, 5) is 25.2. The first-order valence-corrected chi connectivity index (χ1v) is 30.3. The van der Waals surface area contributed by atoms with Crippen LogP contribution in [0.3, 0.4) is 0 Å². The Labute approximate surface area is 502 Å². The minimum absolute atomic E-state index is 0.00637. The molecule has 0 unspecified atom stereocenters. The third-order valence-corrected chi connectivity index (χ3v) is 19.3. The maximum absolute atomic E-state index is 12.7. The zero-order chi connectivity index (χ0) is 53.7. The van der Waals surface area contributed by atoms with Crippen LogP contribution in [0.5, 0.6) is 0 Å². The Hall–Kier alpha value is -6.10. The first kappa shape index (κ1) is 51.3. The molecule has 0 radical (unpaired) electrons. The van der Waals surface area contributed by atoms with Crippen molar-refractivity contribution in [3.05, 3.63) is 278 Å². The van der Waals surface area contributed by atoms with E-state index in [0.717, 1.165) is 84.8 Å². The lowest BCUT2D eigenvalue weighted by Gasteiger charge is -2.35. The van der Waals surface area contributed by atoms with Crippen molar-refractivity contribution < 1.29 is 9.59 Å². The van der Waals surface area contributed by atoms with Gasteiger partial charge in [-0.2, -0.15) is 0 Å². The molecule has 0 N–H and O–H groups in total. The number of carbonyl (C=O) groups is 2. The molecule has 0 bridgehead atoms. The van der Waals surface area contributed by atoms with Crippen LogP contribution in [0.4, 0.5) is 0 Å². The van der Waals surface area contributed by atoms with Gasteiger partial charge in [0.1, 0.15) is 0 Å². The summed E-state index contributed by atoms with van der Waals surface area (Å²) in [6.07, 6.45) is 1.01. The lowest BCUT2D eigenvalue weighted by molar-refractivity contribution is 0.103. The van der Waals surface area contributed by atoms with Gasteiger partial charge in [0.05, 0.1) is 0 Å². The molecular formula is C70H42Br6O2. The molecule has 0 aromatic heterocycles. The van der Waals surface area contributed by atoms with Gasteiger partial charge in [-0.1, -0.05) is 261 Å². The number of rotatable bonds is 0. The van der Waals surface area contributed by atoms with Gasteiger partial charge in [0.25, 0.3) is 0 Å². The van der Waals surface area contributed by atoms with E-state index in [9.17, 15) is 9.59 Å². The molecule has 12 aromatic carbocycles. The predicted molar refractivity (Wildman–Crippen MR) is 346 cm³/mol. The molecule has 0 saturated heterocycles. The molecule has 0 spiro atoms. The van der Waals surface area contributed by atoms with E-state index in [1.165, 1.54) is 80.6 Å². The fraction of sp³-hybridized carbons (Fsp3) is 0.0571. The average Bonchev–Trinajstić information content (AvgIpc) is 3.54. The number of halogens is 6. The molecular weight excluding hydrogens is 1350 g/mol. The molecule has 16 rings (SSSR count). The van der Waals surface area contributed by atoms with E-state index in [1.807, 2.05) is 84.9 Å². The van der Waals surface area contributed by atoms with Gasteiger partial charge in [0.15, 0.2) is 11.6 Å². The van der Waals surface area contributed by atoms with Gasteiger partial charge in [-0.15, -0.1) is 0 Å². The number of fused-ring (bicyclic) bond motifs is 8. The maximum atomic E-state index is 12.7. The Balaban J connectivity index is 0.0000000990. The largest absolute Gasteiger partial charge is 0.289 e. The third-order valence-electron chi connectivity index (χ3n) is 15.8. The molecule has 0 atom stereocenters. The molecule has 0 saturated carbocycles. The first-order chi connectivity index (χ1) is 37.8. The highest BCUT2D eigenvalue weighted by molar-refractivity contribution is 9.11. The molecule has 376 valence electrons. The second-order valence-electron chi connectivity index (χ2n) is 20.5. The van der Waals surface area contributed by atoms with Crippen molar-refractivity contribution in [1.82, 2.24) is 0 Å². The van der Waals surface area contributed by atoms with E-state index in [2.05, 4.69) is 231 Å². The smallest absolute Gasteiger partial charge is 0.194 e. The van der Waals surface area contributed by atoms with Crippen molar-refractivity contribution >= 4 is 150 Å². The van der Waals surface area contributed by atoms with Crippen molar-refractivity contribution in [3.63, 3.8) is 0 Å². The maximum Gasteiger partial charge on any atom is 0.194 e. The van der Waals surface area contributed by atoms with Gasteiger partial charge >= 0.3 is 0 Å². The number of benzene rings is 12. The quantitative estimate of drug-likeness (QED) is 0.152. The number of hydrogen-bond donors (Lipinski definition) is 0. The Kier molecular flexibility index (Phi) is 13.3. The van der Waals surface area contributed by atoms with Crippen LogP contribution in [0.1, 0.15) is 67.9 Å². The summed E-state index contributed by atoms with van der Waals surface area (Å²) in [5, 5.41) is 9.73. The highest BCUT2D eigenvalue weighted by Crippen LogP contribution is 2.51. The summed E-state index contributed by atoms with van der Waals surface area (Å²) < 4.78 is 6.58. The molecule has 12 aromatic rings. The van der Waals surface area contributed by atoms with Gasteiger partial charge in [0, 0.05) is 65.3 Å². The fourth-order valence-electron chi connectivity index (χ4n) is 12.2. The summed E-state index contributed by atoms with van der Waals surface area (Å²) in [5.41, 5.74) is 18.5. The highest BCUT2D eigenvalue weighted by Gasteiger charge is 2.34. The van der Waals surface area contributed by atoms with Crippen LogP contribution in [0.2, 0.25) is 0 Å². The van der Waals surface area contributed by atoms with Crippen LogP contribution in [-0.4, -0.2) is 11.6 Å². The zero-order valence-corrected chi connectivity index (χ0v) is 51.4. The van der Waals surface area contributed by atoms with E-state index in [-0.39, 0.29) is 17.0 Å². The molecule has 2 nitrogen and oxygen atoms in total. The normalized spacial score (nSPS) is 13.2. The van der Waals surface area contributed by atoms with Gasteiger partial charge < -0.3 is 0 Å². The lowest BCUT2D eigenvalue weighted by Crippen LogP contribution is -2.23. The van der Waals surface area contributed by atoms with Crippen LogP contribution in [-0.2, 0) is 11.8 Å². The van der Waals surface area contributed by atoms with Crippen molar-refractivity contribution in [1.29, 1.82) is 0 Å². The summed E-state index contributed by atoms with van der Waals surface area (Å²) in [5.74, 6) is 0.229. The Morgan fingerprint density at radius 2 is 0.756 bits per heavy atom. The Morgan fingerprint density at radius 1 is 0.308 bits per heavy atom. The number of carbonyl (C=O) groups excluding carboxylic acids is 2. The standard InChI is InChI=1S/C19H14Br2.C17H8Br2O.C17H10Br2.C17H10O/c1-19(2)15-5-3-4-14-17(21)9-8-13(18(14)15)12-7-6-11(20)10-16(12)19;18-9-4-5-10-11-6-7-15(19)12-2-1-3-13(16(11)12)17(20)14(10)8-9;18-12-4-5-13-11(9-12)8-10-2-1-3-15-16(19)7-6-14(13)17(10)15;18-17-14-8-2-1-7-12(14)13-9-3-5-11-6-4-10-15(17)16(11)13/h3-10H,1-2H3;1-8H;1-7,9H,8H2;1-10H. The van der Waals surface area contributed by atoms with E-state index >= 15 is 0 Å². The monoisotopic (exact) mass is 1390 g/mol. The van der Waals surface area contributed by atoms with Gasteiger partial charge in [0.2, 0.25) is 0 Å². The van der Waals surface area contributed by atoms with Crippen molar-refractivity contribution in [3.8, 4) is 44.5 Å². The number of ketones is 2. The van der Waals surface area contributed by atoms with Crippen molar-refractivity contribution in [2.75, 3.05) is 0 Å². The Morgan fingerprint density at radius 3 is 1.45 bits per heavy atom. The summed E-state index contributed by atoms with van der Waals surface area (Å²) in [7, 11) is 0. The minimum Gasteiger partial charge on any atom is -0.289 e. The van der Waals surface area contributed by atoms with Crippen LogP contribution in [0, 0.1) is 0 Å². The molecule has 4 aliphatic carbocycles. The molecule has 8 heteroatoms. The van der Waals surface area contributed by atoms with Gasteiger partial charge in [-0.25, -0.2) is 0 Å². The lowest BCUT2D eigenvalue weighted by atomic mass is 9.68. The summed E-state index contributed by atoms with van der Waals surface area (Å²) in [6, 6.07) is 71.1. The summed E-state index contributed by atoms with van der Waals surface area (Å²) >= 11 is 21.6. The highest BCUT2D eigenvalue weighted by atomic mass is 79.9. The third kappa shape index (κ3) is 8.56. The van der Waals surface area contributed by atoms with Crippen LogP contribution >= 0.6 is 95.6 Å². The first-order valence-electron chi connectivity index (χ1n) is 25.5. The second-order valence-corrected chi connectivity index (χ2v) is 25.8. The second kappa shape index (κ2) is 20.2. The zero-order valence-electron chi connectivity index (χ0n) is 41.9. The van der Waals surface area contributed by atoms with Crippen molar-refractivity contribution in [2.45, 2.75) is 25.7 Å². The SMILES string of the molecule is Brc1ccc2c(c1)Cc1cccc3c(Br)ccc-2c13.CC1(C)c2cc(Br)ccc2-c2ccc(Br)c3cccc1c23.O=C1c2cc(Br)ccc2-c2ccc(Br)c3cccc1c23.O=C1c2ccccc2-c2cccc3cccc1c23. The predicted octanol–water partition coefficient (Wildman–Crippen LogP) is 22.2. The van der Waals surface area contributed by atoms with E-state index in [0.29, 0.717) is 0 Å². The van der Waals surface area contributed by atoms with E-state index < -0.39 is 0 Å². The van der Waals surface area contributed by atoms with E-state index in [4.69, 9.17) is 0 Å². The molecule has 78 heavy (non-hydrogen) atoms. The Bertz CT molecular complexity index is 4570.